The Labute approximate surface area is 105 Å². The van der Waals surface area contributed by atoms with E-state index in [9.17, 15) is 4.79 Å². The molecule has 5 nitrogen and oxygen atoms in total. The van der Waals surface area contributed by atoms with Crippen molar-refractivity contribution >= 4 is 23.3 Å². The van der Waals surface area contributed by atoms with Crippen molar-refractivity contribution in [3.63, 3.8) is 0 Å². The molecule has 0 atom stereocenters. The molecule has 0 spiro atoms. The molecule has 0 radical (unpaired) electrons. The molecule has 1 heterocycles. The van der Waals surface area contributed by atoms with Crippen LogP contribution in [0.4, 0.5) is 0 Å². The van der Waals surface area contributed by atoms with E-state index in [0.29, 0.717) is 23.9 Å². The minimum Gasteiger partial charge on any atom is -0.478 e. The normalized spacial score (nSPS) is 9.41. The maximum atomic E-state index is 10.7. The minimum absolute atomic E-state index is 0.210. The van der Waals surface area contributed by atoms with Crippen LogP contribution in [0.25, 0.3) is 0 Å². The first-order chi connectivity index (χ1) is 8.13. The lowest BCUT2D eigenvalue weighted by Crippen LogP contribution is -2.34. The second-order valence-corrected chi connectivity index (χ2v) is 3.60. The quantitative estimate of drug-likeness (QED) is 0.534. The number of nitrogens with zero attached hydrogens (tertiary/aromatic N) is 1. The van der Waals surface area contributed by atoms with Crippen molar-refractivity contribution < 1.29 is 9.90 Å². The third-order valence-electron chi connectivity index (χ3n) is 1.90. The van der Waals surface area contributed by atoms with E-state index in [1.807, 2.05) is 0 Å². The Morgan fingerprint density at radius 2 is 2.35 bits per heavy atom. The van der Waals surface area contributed by atoms with Crippen molar-refractivity contribution in [1.82, 2.24) is 15.6 Å². The van der Waals surface area contributed by atoms with Crippen molar-refractivity contribution in [2.75, 3.05) is 6.54 Å². The smallest absolute Gasteiger partial charge is 0.335 e. The molecule has 1 aromatic rings. The lowest BCUT2D eigenvalue weighted by Gasteiger charge is -2.08. The highest BCUT2D eigenvalue weighted by molar-refractivity contribution is 7.80. The van der Waals surface area contributed by atoms with Crippen LogP contribution in [0.1, 0.15) is 16.1 Å². The molecular formula is C11H13N3O2S. The van der Waals surface area contributed by atoms with Crippen LogP contribution in [0.5, 0.6) is 0 Å². The highest BCUT2D eigenvalue weighted by Gasteiger charge is 2.04. The zero-order valence-corrected chi connectivity index (χ0v) is 9.96. The Hall–Kier alpha value is -1.95. The van der Waals surface area contributed by atoms with Crippen molar-refractivity contribution in [1.29, 1.82) is 0 Å². The van der Waals surface area contributed by atoms with Crippen LogP contribution in [0, 0.1) is 0 Å². The number of aromatic nitrogens is 1. The Bertz CT molecular complexity index is 434. The molecule has 17 heavy (non-hydrogen) atoms. The summed E-state index contributed by atoms with van der Waals surface area (Å²) in [7, 11) is 0. The number of carboxylic acid groups (broad SMARTS) is 1. The molecule has 0 amide bonds. The molecule has 1 aromatic heterocycles. The number of carbonyl (C=O) groups is 1. The van der Waals surface area contributed by atoms with Gasteiger partial charge in [0.05, 0.1) is 17.8 Å². The van der Waals surface area contributed by atoms with E-state index in [4.69, 9.17) is 17.3 Å². The second kappa shape index (κ2) is 6.59. The second-order valence-electron chi connectivity index (χ2n) is 3.19. The molecule has 0 saturated carbocycles. The van der Waals surface area contributed by atoms with Crippen LogP contribution in [-0.4, -0.2) is 27.7 Å². The summed E-state index contributed by atoms with van der Waals surface area (Å²) >= 11 is 4.99. The largest absolute Gasteiger partial charge is 0.478 e. The fourth-order valence-electron chi connectivity index (χ4n) is 1.11. The van der Waals surface area contributed by atoms with Crippen LogP contribution in [0.3, 0.4) is 0 Å². The van der Waals surface area contributed by atoms with Gasteiger partial charge in [-0.15, -0.1) is 6.58 Å². The predicted octanol–water partition coefficient (Wildman–Crippen LogP) is 0.930. The molecule has 0 unspecified atom stereocenters. The van der Waals surface area contributed by atoms with Gasteiger partial charge in [0, 0.05) is 12.7 Å². The number of hydrogen-bond acceptors (Lipinski definition) is 3. The molecule has 0 bridgehead atoms. The monoisotopic (exact) mass is 251 g/mol. The molecule has 6 heteroatoms. The highest BCUT2D eigenvalue weighted by Crippen LogP contribution is 2.01. The molecule has 0 aliphatic heterocycles. The van der Waals surface area contributed by atoms with Crippen LogP contribution in [-0.2, 0) is 6.54 Å². The third kappa shape index (κ3) is 4.60. The first-order valence-electron chi connectivity index (χ1n) is 4.94. The Morgan fingerprint density at radius 1 is 1.59 bits per heavy atom. The Kier molecular flexibility index (Phi) is 5.09. The van der Waals surface area contributed by atoms with Gasteiger partial charge in [0.2, 0.25) is 0 Å². The average molecular weight is 251 g/mol. The Balaban J connectivity index is 2.51. The lowest BCUT2D eigenvalue weighted by atomic mass is 10.2. The summed E-state index contributed by atoms with van der Waals surface area (Å²) in [5.74, 6) is -0.971. The SMILES string of the molecule is C=CCNC(=S)NCc1cc(C(=O)O)ccn1. The summed E-state index contributed by atoms with van der Waals surface area (Å²) in [5, 5.41) is 15.1. The number of thiocarbonyl (C=S) groups is 1. The average Bonchev–Trinajstić information content (AvgIpc) is 2.34. The number of carboxylic acids is 1. The summed E-state index contributed by atoms with van der Waals surface area (Å²) in [4.78, 5) is 14.8. The molecule has 0 aromatic carbocycles. The summed E-state index contributed by atoms with van der Waals surface area (Å²) < 4.78 is 0. The fourth-order valence-corrected chi connectivity index (χ4v) is 1.26. The van der Waals surface area contributed by atoms with E-state index in [1.54, 1.807) is 6.08 Å². The van der Waals surface area contributed by atoms with Crippen molar-refractivity contribution in [2.45, 2.75) is 6.54 Å². The zero-order chi connectivity index (χ0) is 12.7. The van der Waals surface area contributed by atoms with E-state index in [1.165, 1.54) is 18.3 Å². The number of nitrogens with one attached hydrogen (secondary N) is 2. The van der Waals surface area contributed by atoms with Gasteiger partial charge in [-0.05, 0) is 24.4 Å². The molecule has 0 fully saturated rings. The lowest BCUT2D eigenvalue weighted by molar-refractivity contribution is 0.0696. The van der Waals surface area contributed by atoms with Crippen molar-refractivity contribution in [2.24, 2.45) is 0 Å². The number of hydrogen-bond donors (Lipinski definition) is 3. The van der Waals surface area contributed by atoms with E-state index in [2.05, 4.69) is 22.2 Å². The third-order valence-corrected chi connectivity index (χ3v) is 2.19. The van der Waals surface area contributed by atoms with E-state index in [0.717, 1.165) is 0 Å². The van der Waals surface area contributed by atoms with E-state index < -0.39 is 5.97 Å². The van der Waals surface area contributed by atoms with Crippen LogP contribution >= 0.6 is 12.2 Å². The summed E-state index contributed by atoms with van der Waals surface area (Å²) in [6.45, 7) is 4.51. The van der Waals surface area contributed by atoms with Crippen molar-refractivity contribution in [3.8, 4) is 0 Å². The van der Waals surface area contributed by atoms with Crippen LogP contribution in [0.15, 0.2) is 31.0 Å². The van der Waals surface area contributed by atoms with Gasteiger partial charge in [0.15, 0.2) is 5.11 Å². The van der Waals surface area contributed by atoms with E-state index in [-0.39, 0.29) is 5.56 Å². The summed E-state index contributed by atoms with van der Waals surface area (Å²) in [6, 6.07) is 2.95. The maximum Gasteiger partial charge on any atom is 0.335 e. The van der Waals surface area contributed by atoms with Gasteiger partial charge in [-0.1, -0.05) is 6.08 Å². The van der Waals surface area contributed by atoms with Gasteiger partial charge in [-0.3, -0.25) is 4.98 Å². The zero-order valence-electron chi connectivity index (χ0n) is 9.14. The molecule has 0 saturated heterocycles. The molecule has 3 N–H and O–H groups in total. The van der Waals surface area contributed by atoms with Crippen molar-refractivity contribution in [3.05, 3.63) is 42.2 Å². The van der Waals surface area contributed by atoms with Gasteiger partial charge < -0.3 is 15.7 Å². The Morgan fingerprint density at radius 3 is 3.00 bits per heavy atom. The van der Waals surface area contributed by atoms with Gasteiger partial charge in [-0.2, -0.15) is 0 Å². The van der Waals surface area contributed by atoms with Gasteiger partial charge >= 0.3 is 5.97 Å². The minimum atomic E-state index is -0.971. The first-order valence-corrected chi connectivity index (χ1v) is 5.35. The molecule has 0 aliphatic carbocycles. The fraction of sp³-hybridized carbons (Fsp3) is 0.182. The molecule has 1 rings (SSSR count). The molecule has 90 valence electrons. The van der Waals surface area contributed by atoms with Crippen LogP contribution < -0.4 is 10.6 Å². The number of rotatable bonds is 5. The van der Waals surface area contributed by atoms with Gasteiger partial charge in [0.1, 0.15) is 0 Å². The molecular weight excluding hydrogens is 238 g/mol. The standard InChI is InChI=1S/C11H13N3O2S/c1-2-4-13-11(17)14-7-9-6-8(10(15)16)3-5-12-9/h2-3,5-6H,1,4,7H2,(H,15,16)(H2,13,14,17). The summed E-state index contributed by atoms with van der Waals surface area (Å²) in [5.41, 5.74) is 0.828. The topological polar surface area (TPSA) is 74.2 Å². The van der Waals surface area contributed by atoms with Crippen LogP contribution in [0.2, 0.25) is 0 Å². The molecule has 0 aliphatic rings. The number of aromatic carboxylic acids is 1. The van der Waals surface area contributed by atoms with E-state index >= 15 is 0 Å². The first kappa shape index (κ1) is 13.1. The van der Waals surface area contributed by atoms with Gasteiger partial charge in [-0.25, -0.2) is 4.79 Å². The number of pyridine rings is 1. The van der Waals surface area contributed by atoms with Gasteiger partial charge in [0.25, 0.3) is 0 Å². The highest BCUT2D eigenvalue weighted by atomic mass is 32.1. The maximum absolute atomic E-state index is 10.7. The summed E-state index contributed by atoms with van der Waals surface area (Å²) in [6.07, 6.45) is 3.15. The predicted molar refractivity (Wildman–Crippen MR) is 68.8 cm³/mol.